The Morgan fingerprint density at radius 2 is 1.93 bits per heavy atom. The lowest BCUT2D eigenvalue weighted by molar-refractivity contribution is 0.122. The van der Waals surface area contributed by atoms with Crippen molar-refractivity contribution in [1.82, 2.24) is 15.0 Å². The van der Waals surface area contributed by atoms with E-state index in [1.54, 1.807) is 0 Å². The predicted molar refractivity (Wildman–Crippen MR) is 122 cm³/mol. The van der Waals surface area contributed by atoms with Gasteiger partial charge < -0.3 is 20.3 Å². The number of anilines is 4. The number of morpholine rings is 1. The van der Waals surface area contributed by atoms with E-state index in [-0.39, 0.29) is 0 Å². The van der Waals surface area contributed by atoms with Crippen LogP contribution < -0.4 is 15.5 Å². The number of nitrogens with one attached hydrogen (secondary N) is 2. The molecule has 1 aliphatic heterocycles. The van der Waals surface area contributed by atoms with Crippen LogP contribution in [-0.2, 0) is 4.74 Å². The number of aromatic nitrogens is 3. The van der Waals surface area contributed by atoms with Crippen molar-refractivity contribution < 1.29 is 4.74 Å². The van der Waals surface area contributed by atoms with Crippen molar-refractivity contribution in [2.45, 2.75) is 39.0 Å². The van der Waals surface area contributed by atoms with E-state index >= 15 is 0 Å². The largest absolute Gasteiger partial charge is 0.378 e. The van der Waals surface area contributed by atoms with Crippen LogP contribution in [0.25, 0.3) is 0 Å². The molecule has 1 aliphatic carbocycles. The van der Waals surface area contributed by atoms with E-state index in [0.717, 1.165) is 37.3 Å². The summed E-state index contributed by atoms with van der Waals surface area (Å²) < 4.78 is 5.47. The molecule has 160 valence electrons. The van der Waals surface area contributed by atoms with Gasteiger partial charge in [0, 0.05) is 30.3 Å². The number of benzene rings is 1. The second-order valence-electron chi connectivity index (χ2n) is 7.76. The van der Waals surface area contributed by atoms with E-state index in [4.69, 9.17) is 16.3 Å². The van der Waals surface area contributed by atoms with Crippen LogP contribution in [0.1, 0.15) is 37.7 Å². The SMILES string of the molecule is Cc1ccc(Nc2nc(NCCC3=CCCCC3)nc(N3CCOCC3)n2)cc1Cl. The highest BCUT2D eigenvalue weighted by molar-refractivity contribution is 6.31. The Labute approximate surface area is 182 Å². The van der Waals surface area contributed by atoms with Gasteiger partial charge in [-0.25, -0.2) is 0 Å². The fourth-order valence-electron chi connectivity index (χ4n) is 3.67. The van der Waals surface area contributed by atoms with Gasteiger partial charge >= 0.3 is 0 Å². The molecule has 1 saturated heterocycles. The molecule has 2 N–H and O–H groups in total. The zero-order valence-corrected chi connectivity index (χ0v) is 18.2. The second-order valence-corrected chi connectivity index (χ2v) is 8.16. The third-order valence-electron chi connectivity index (χ3n) is 5.46. The molecule has 30 heavy (non-hydrogen) atoms. The van der Waals surface area contributed by atoms with Crippen molar-refractivity contribution in [3.8, 4) is 0 Å². The average Bonchev–Trinajstić information content (AvgIpc) is 2.78. The summed E-state index contributed by atoms with van der Waals surface area (Å²) in [5, 5.41) is 7.38. The molecule has 4 rings (SSSR count). The molecule has 0 bridgehead atoms. The zero-order valence-electron chi connectivity index (χ0n) is 17.5. The molecule has 2 aliphatic rings. The number of hydrogen-bond acceptors (Lipinski definition) is 7. The first-order valence-electron chi connectivity index (χ1n) is 10.7. The van der Waals surface area contributed by atoms with E-state index in [1.807, 2.05) is 25.1 Å². The van der Waals surface area contributed by atoms with Crippen LogP contribution in [-0.4, -0.2) is 47.8 Å². The third kappa shape index (κ3) is 5.61. The third-order valence-corrected chi connectivity index (χ3v) is 5.87. The molecule has 1 aromatic heterocycles. The number of ether oxygens (including phenoxy) is 1. The standard InChI is InChI=1S/C22H29ClN6O/c1-16-7-8-18(15-19(16)23)25-21-26-20(24-10-9-17-5-3-2-4-6-17)27-22(28-21)29-11-13-30-14-12-29/h5,7-8,15H,2-4,6,9-14H2,1H3,(H2,24,25,26,27,28). The summed E-state index contributed by atoms with van der Waals surface area (Å²) in [6, 6.07) is 5.84. The van der Waals surface area contributed by atoms with Crippen molar-refractivity contribution in [2.24, 2.45) is 0 Å². The van der Waals surface area contributed by atoms with E-state index in [1.165, 1.54) is 31.3 Å². The minimum Gasteiger partial charge on any atom is -0.378 e. The molecular formula is C22H29ClN6O. The molecule has 0 saturated carbocycles. The van der Waals surface area contributed by atoms with Gasteiger partial charge in [-0.1, -0.05) is 29.3 Å². The maximum Gasteiger partial charge on any atom is 0.233 e. The van der Waals surface area contributed by atoms with Crippen LogP contribution in [0.3, 0.4) is 0 Å². The van der Waals surface area contributed by atoms with Crippen LogP contribution in [0, 0.1) is 6.92 Å². The Bertz CT molecular complexity index is 897. The van der Waals surface area contributed by atoms with Crippen LogP contribution in [0.5, 0.6) is 0 Å². The van der Waals surface area contributed by atoms with Gasteiger partial charge in [0.25, 0.3) is 0 Å². The Kier molecular flexibility index (Phi) is 7.02. The number of halogens is 1. The molecule has 1 aromatic carbocycles. The van der Waals surface area contributed by atoms with Crippen molar-refractivity contribution >= 4 is 35.1 Å². The zero-order chi connectivity index (χ0) is 20.8. The molecular weight excluding hydrogens is 400 g/mol. The minimum atomic E-state index is 0.505. The first kappa shape index (κ1) is 20.9. The van der Waals surface area contributed by atoms with Crippen LogP contribution in [0.2, 0.25) is 5.02 Å². The summed E-state index contributed by atoms with van der Waals surface area (Å²) in [5.74, 6) is 1.75. The van der Waals surface area contributed by atoms with Crippen LogP contribution in [0.4, 0.5) is 23.5 Å². The summed E-state index contributed by atoms with van der Waals surface area (Å²) in [5.41, 5.74) is 3.41. The summed E-state index contributed by atoms with van der Waals surface area (Å²) in [6.45, 7) is 5.69. The first-order valence-corrected chi connectivity index (χ1v) is 11.1. The average molecular weight is 429 g/mol. The Morgan fingerprint density at radius 1 is 1.10 bits per heavy atom. The molecule has 0 amide bonds. The van der Waals surface area contributed by atoms with Crippen LogP contribution in [0.15, 0.2) is 29.8 Å². The molecule has 2 heterocycles. The molecule has 0 atom stereocenters. The maximum absolute atomic E-state index is 6.27. The molecule has 0 spiro atoms. The molecule has 2 aromatic rings. The van der Waals surface area contributed by atoms with Gasteiger partial charge in [0.15, 0.2) is 0 Å². The van der Waals surface area contributed by atoms with E-state index < -0.39 is 0 Å². The van der Waals surface area contributed by atoms with Gasteiger partial charge in [-0.3, -0.25) is 0 Å². The maximum atomic E-state index is 6.27. The second kappa shape index (κ2) is 10.1. The molecule has 7 nitrogen and oxygen atoms in total. The fourth-order valence-corrected chi connectivity index (χ4v) is 3.85. The highest BCUT2D eigenvalue weighted by Crippen LogP contribution is 2.24. The highest BCUT2D eigenvalue weighted by Gasteiger charge is 2.17. The minimum absolute atomic E-state index is 0.505. The van der Waals surface area contributed by atoms with Crippen LogP contribution >= 0.6 is 11.6 Å². The van der Waals surface area contributed by atoms with E-state index in [0.29, 0.717) is 36.1 Å². The van der Waals surface area contributed by atoms with Gasteiger partial charge in [-0.05, 0) is 56.7 Å². The Balaban J connectivity index is 1.50. The lowest BCUT2D eigenvalue weighted by Crippen LogP contribution is -2.37. The summed E-state index contributed by atoms with van der Waals surface area (Å²) in [4.78, 5) is 16.0. The molecule has 8 heteroatoms. The van der Waals surface area contributed by atoms with Gasteiger partial charge in [-0.2, -0.15) is 15.0 Å². The van der Waals surface area contributed by atoms with Crippen molar-refractivity contribution in [3.05, 3.63) is 40.4 Å². The molecule has 0 radical (unpaired) electrons. The quantitative estimate of drug-likeness (QED) is 0.618. The Morgan fingerprint density at radius 3 is 2.70 bits per heavy atom. The number of hydrogen-bond donors (Lipinski definition) is 2. The number of aryl methyl sites for hydroxylation is 1. The van der Waals surface area contributed by atoms with Gasteiger partial charge in [-0.15, -0.1) is 0 Å². The van der Waals surface area contributed by atoms with E-state index in [2.05, 4.69) is 36.6 Å². The smallest absolute Gasteiger partial charge is 0.233 e. The van der Waals surface area contributed by atoms with Gasteiger partial charge in [0.05, 0.1) is 13.2 Å². The summed E-state index contributed by atoms with van der Waals surface area (Å²) in [7, 11) is 0. The lowest BCUT2D eigenvalue weighted by atomic mass is 9.97. The van der Waals surface area contributed by atoms with Crippen molar-refractivity contribution in [1.29, 1.82) is 0 Å². The lowest BCUT2D eigenvalue weighted by Gasteiger charge is -2.27. The van der Waals surface area contributed by atoms with Crippen molar-refractivity contribution in [2.75, 3.05) is 48.4 Å². The first-order chi connectivity index (χ1) is 14.7. The topological polar surface area (TPSA) is 75.2 Å². The van der Waals surface area contributed by atoms with Gasteiger partial charge in [0.2, 0.25) is 17.8 Å². The monoisotopic (exact) mass is 428 g/mol. The number of allylic oxidation sites excluding steroid dienone is 1. The molecule has 1 fully saturated rings. The number of nitrogens with zero attached hydrogens (tertiary/aromatic N) is 4. The molecule has 0 unspecified atom stereocenters. The normalized spacial score (nSPS) is 16.9. The Hall–Kier alpha value is -2.38. The van der Waals surface area contributed by atoms with Crippen molar-refractivity contribution in [3.63, 3.8) is 0 Å². The van der Waals surface area contributed by atoms with E-state index in [9.17, 15) is 0 Å². The highest BCUT2D eigenvalue weighted by atomic mass is 35.5. The summed E-state index contributed by atoms with van der Waals surface area (Å²) >= 11 is 6.27. The predicted octanol–water partition coefficient (Wildman–Crippen LogP) is 4.72. The number of rotatable bonds is 7. The fraction of sp³-hybridized carbons (Fsp3) is 0.500. The summed E-state index contributed by atoms with van der Waals surface area (Å²) in [6.07, 6.45) is 8.42. The van der Waals surface area contributed by atoms with Gasteiger partial charge in [0.1, 0.15) is 0 Å².